The fourth-order valence-electron chi connectivity index (χ4n) is 2.42. The summed E-state index contributed by atoms with van der Waals surface area (Å²) in [4.78, 5) is 26.6. The molecule has 1 aliphatic rings. The van der Waals surface area contributed by atoms with E-state index in [9.17, 15) is 9.59 Å². The zero-order valence-electron chi connectivity index (χ0n) is 12.4. The van der Waals surface area contributed by atoms with E-state index >= 15 is 0 Å². The molecular formula is C16H22N2O2. The monoisotopic (exact) mass is 274 g/mol. The van der Waals surface area contributed by atoms with Gasteiger partial charge in [-0.25, -0.2) is 0 Å². The average molecular weight is 274 g/mol. The van der Waals surface area contributed by atoms with Crippen molar-refractivity contribution in [1.82, 2.24) is 4.90 Å². The van der Waals surface area contributed by atoms with E-state index in [-0.39, 0.29) is 11.8 Å². The van der Waals surface area contributed by atoms with Crippen LogP contribution >= 0.6 is 0 Å². The zero-order chi connectivity index (χ0) is 14.8. The molecule has 1 aliphatic heterocycles. The first-order chi connectivity index (χ1) is 9.41. The molecule has 0 aliphatic carbocycles. The Kier molecular flexibility index (Phi) is 4.12. The summed E-state index contributed by atoms with van der Waals surface area (Å²) in [6.45, 7) is 6.88. The molecule has 0 saturated carbocycles. The minimum Gasteiger partial charge on any atom is -0.342 e. The highest BCUT2D eigenvalue weighted by Gasteiger charge is 2.39. The number of anilines is 1. The van der Waals surface area contributed by atoms with Crippen LogP contribution in [0.25, 0.3) is 0 Å². The van der Waals surface area contributed by atoms with E-state index in [0.717, 1.165) is 37.2 Å². The Morgan fingerprint density at radius 1 is 1.20 bits per heavy atom. The SMILES string of the molecule is Cc1cccc(NC(=O)C(C)(C)C(=O)N2CCCC2)c1. The molecule has 4 nitrogen and oxygen atoms in total. The Morgan fingerprint density at radius 2 is 1.85 bits per heavy atom. The van der Waals surface area contributed by atoms with E-state index in [1.807, 2.05) is 31.2 Å². The second-order valence-electron chi connectivity index (χ2n) is 5.95. The second-order valence-corrected chi connectivity index (χ2v) is 5.95. The summed E-state index contributed by atoms with van der Waals surface area (Å²) in [5.74, 6) is -0.333. The molecule has 1 aromatic rings. The molecule has 1 N–H and O–H groups in total. The normalized spacial score (nSPS) is 15.2. The first-order valence-corrected chi connectivity index (χ1v) is 7.09. The molecule has 0 bridgehead atoms. The maximum absolute atomic E-state index is 12.4. The summed E-state index contributed by atoms with van der Waals surface area (Å²) in [5, 5.41) is 2.84. The minimum atomic E-state index is -1.03. The van der Waals surface area contributed by atoms with Crippen molar-refractivity contribution in [1.29, 1.82) is 0 Å². The van der Waals surface area contributed by atoms with E-state index in [1.54, 1.807) is 18.7 Å². The number of aryl methyl sites for hydroxylation is 1. The highest BCUT2D eigenvalue weighted by molar-refractivity contribution is 6.09. The third-order valence-corrected chi connectivity index (χ3v) is 3.77. The number of nitrogens with one attached hydrogen (secondary N) is 1. The standard InChI is InChI=1S/C16H22N2O2/c1-12-7-6-8-13(11-12)17-14(19)16(2,3)15(20)18-9-4-5-10-18/h6-8,11H,4-5,9-10H2,1-3H3,(H,17,19). The van der Waals surface area contributed by atoms with Gasteiger partial charge in [0, 0.05) is 18.8 Å². The number of likely N-dealkylation sites (tertiary alicyclic amines) is 1. The Hall–Kier alpha value is -1.84. The highest BCUT2D eigenvalue weighted by atomic mass is 16.2. The fraction of sp³-hybridized carbons (Fsp3) is 0.500. The lowest BCUT2D eigenvalue weighted by atomic mass is 9.90. The lowest BCUT2D eigenvalue weighted by molar-refractivity contribution is -0.145. The summed E-state index contributed by atoms with van der Waals surface area (Å²) in [6.07, 6.45) is 2.06. The molecule has 0 spiro atoms. The van der Waals surface area contributed by atoms with Crippen LogP contribution in [0, 0.1) is 12.3 Å². The van der Waals surface area contributed by atoms with Crippen LogP contribution in [0.15, 0.2) is 24.3 Å². The van der Waals surface area contributed by atoms with E-state index in [0.29, 0.717) is 0 Å². The molecule has 108 valence electrons. The first-order valence-electron chi connectivity index (χ1n) is 7.09. The lowest BCUT2D eigenvalue weighted by Gasteiger charge is -2.28. The predicted octanol–water partition coefficient (Wildman–Crippen LogP) is 2.58. The number of hydrogen-bond acceptors (Lipinski definition) is 2. The largest absolute Gasteiger partial charge is 0.342 e. The van der Waals surface area contributed by atoms with Crippen LogP contribution in [0.3, 0.4) is 0 Å². The summed E-state index contributed by atoms with van der Waals surface area (Å²) < 4.78 is 0. The van der Waals surface area contributed by atoms with Crippen molar-refractivity contribution in [2.45, 2.75) is 33.6 Å². The number of benzene rings is 1. The fourth-order valence-corrected chi connectivity index (χ4v) is 2.42. The van der Waals surface area contributed by atoms with Crippen molar-refractivity contribution in [3.8, 4) is 0 Å². The van der Waals surface area contributed by atoms with Gasteiger partial charge in [0.2, 0.25) is 11.8 Å². The number of carbonyl (C=O) groups excluding carboxylic acids is 2. The van der Waals surface area contributed by atoms with E-state index < -0.39 is 5.41 Å². The van der Waals surface area contributed by atoms with Gasteiger partial charge in [0.25, 0.3) is 0 Å². The van der Waals surface area contributed by atoms with Crippen LogP contribution in [0.5, 0.6) is 0 Å². The molecule has 1 heterocycles. The average Bonchev–Trinajstić information content (AvgIpc) is 2.91. The van der Waals surface area contributed by atoms with Gasteiger partial charge in [0.15, 0.2) is 0 Å². The molecule has 20 heavy (non-hydrogen) atoms. The third kappa shape index (κ3) is 3.00. The van der Waals surface area contributed by atoms with Gasteiger partial charge in [0.05, 0.1) is 0 Å². The van der Waals surface area contributed by atoms with E-state index in [2.05, 4.69) is 5.32 Å². The summed E-state index contributed by atoms with van der Waals surface area (Å²) in [7, 11) is 0. The van der Waals surface area contributed by atoms with E-state index in [1.165, 1.54) is 0 Å². The topological polar surface area (TPSA) is 49.4 Å². The van der Waals surface area contributed by atoms with Gasteiger partial charge in [-0.1, -0.05) is 12.1 Å². The number of rotatable bonds is 3. The van der Waals surface area contributed by atoms with Crippen molar-refractivity contribution in [2.75, 3.05) is 18.4 Å². The lowest BCUT2D eigenvalue weighted by Crippen LogP contribution is -2.46. The molecule has 2 amide bonds. The molecule has 0 unspecified atom stereocenters. The number of amides is 2. The van der Waals surface area contributed by atoms with Gasteiger partial charge < -0.3 is 10.2 Å². The summed E-state index contributed by atoms with van der Waals surface area (Å²) in [6, 6.07) is 7.59. The Bertz CT molecular complexity index is 517. The minimum absolute atomic E-state index is 0.0832. The maximum atomic E-state index is 12.4. The molecule has 0 atom stereocenters. The third-order valence-electron chi connectivity index (χ3n) is 3.77. The number of hydrogen-bond donors (Lipinski definition) is 1. The maximum Gasteiger partial charge on any atom is 0.239 e. The van der Waals surface area contributed by atoms with E-state index in [4.69, 9.17) is 0 Å². The molecule has 1 aromatic carbocycles. The second kappa shape index (κ2) is 5.65. The molecule has 2 rings (SSSR count). The predicted molar refractivity (Wildman–Crippen MR) is 79.4 cm³/mol. The van der Waals surface area contributed by atoms with Crippen molar-refractivity contribution >= 4 is 17.5 Å². The van der Waals surface area contributed by atoms with Crippen LogP contribution in [0.1, 0.15) is 32.3 Å². The van der Waals surface area contributed by atoms with Gasteiger partial charge in [-0.05, 0) is 51.3 Å². The van der Waals surface area contributed by atoms with Crippen LogP contribution in [-0.2, 0) is 9.59 Å². The van der Waals surface area contributed by atoms with Gasteiger partial charge in [-0.3, -0.25) is 9.59 Å². The molecule has 1 saturated heterocycles. The quantitative estimate of drug-likeness (QED) is 0.861. The molecule has 4 heteroatoms. The molecule has 1 fully saturated rings. The number of nitrogens with zero attached hydrogens (tertiary/aromatic N) is 1. The zero-order valence-corrected chi connectivity index (χ0v) is 12.4. The first kappa shape index (κ1) is 14.6. The van der Waals surface area contributed by atoms with Crippen molar-refractivity contribution < 1.29 is 9.59 Å². The van der Waals surface area contributed by atoms with Crippen molar-refractivity contribution in [2.24, 2.45) is 5.41 Å². The van der Waals surface area contributed by atoms with Crippen molar-refractivity contribution in [3.63, 3.8) is 0 Å². The van der Waals surface area contributed by atoms with Gasteiger partial charge in [0.1, 0.15) is 5.41 Å². The van der Waals surface area contributed by atoms with Crippen LogP contribution < -0.4 is 5.32 Å². The van der Waals surface area contributed by atoms with Gasteiger partial charge in [-0.15, -0.1) is 0 Å². The van der Waals surface area contributed by atoms with Gasteiger partial charge >= 0.3 is 0 Å². The molecule has 0 radical (unpaired) electrons. The van der Waals surface area contributed by atoms with Crippen molar-refractivity contribution in [3.05, 3.63) is 29.8 Å². The molecule has 0 aromatic heterocycles. The van der Waals surface area contributed by atoms with Crippen LogP contribution in [-0.4, -0.2) is 29.8 Å². The Morgan fingerprint density at radius 3 is 2.45 bits per heavy atom. The summed E-state index contributed by atoms with van der Waals surface area (Å²) in [5.41, 5.74) is 0.775. The van der Waals surface area contributed by atoms with Crippen LogP contribution in [0.4, 0.5) is 5.69 Å². The highest BCUT2D eigenvalue weighted by Crippen LogP contribution is 2.24. The smallest absolute Gasteiger partial charge is 0.239 e. The Labute approximate surface area is 120 Å². The molecular weight excluding hydrogens is 252 g/mol. The number of carbonyl (C=O) groups is 2. The van der Waals surface area contributed by atoms with Gasteiger partial charge in [-0.2, -0.15) is 0 Å². The summed E-state index contributed by atoms with van der Waals surface area (Å²) >= 11 is 0. The Balaban J connectivity index is 2.08. The van der Waals surface area contributed by atoms with Crippen LogP contribution in [0.2, 0.25) is 0 Å².